The van der Waals surface area contributed by atoms with E-state index in [0.717, 1.165) is 28.4 Å². The van der Waals surface area contributed by atoms with Gasteiger partial charge in [-0.2, -0.15) is 0 Å². The van der Waals surface area contributed by atoms with Crippen molar-refractivity contribution in [3.05, 3.63) is 89.5 Å². The fourth-order valence-electron chi connectivity index (χ4n) is 3.68. The van der Waals surface area contributed by atoms with Gasteiger partial charge in [-0.25, -0.2) is 9.78 Å². The van der Waals surface area contributed by atoms with Crippen molar-refractivity contribution in [2.75, 3.05) is 18.0 Å². The Morgan fingerprint density at radius 3 is 2.26 bits per heavy atom. The number of ether oxygens (including phenoxy) is 1. The summed E-state index contributed by atoms with van der Waals surface area (Å²) >= 11 is 1.62. The monoisotopic (exact) mass is 428 g/mol. The predicted molar refractivity (Wildman–Crippen MR) is 122 cm³/mol. The number of fused-ring (bicyclic) bond motifs is 1. The molecule has 0 amide bonds. The first-order valence-corrected chi connectivity index (χ1v) is 11.1. The molecule has 0 aliphatic carbocycles. The van der Waals surface area contributed by atoms with Crippen molar-refractivity contribution in [3.8, 4) is 5.75 Å². The van der Waals surface area contributed by atoms with Crippen LogP contribution in [0.25, 0.3) is 10.2 Å². The number of nitrogens with zero attached hydrogens (tertiary/aromatic N) is 2. The summed E-state index contributed by atoms with van der Waals surface area (Å²) in [6, 6.07) is 21.1. The summed E-state index contributed by atoms with van der Waals surface area (Å²) in [5, 5.41) is 1.02. The van der Waals surface area contributed by atoms with Gasteiger partial charge in [-0.1, -0.05) is 53.8 Å². The topological polar surface area (TPSA) is 59.5 Å². The van der Waals surface area contributed by atoms with Crippen LogP contribution < -0.4 is 9.64 Å². The number of thiazole rings is 1. The Morgan fingerprint density at radius 2 is 1.52 bits per heavy atom. The van der Waals surface area contributed by atoms with Gasteiger partial charge in [-0.15, -0.1) is 0 Å². The first-order chi connectivity index (χ1) is 15.2. The molecule has 4 aromatic rings. The zero-order valence-corrected chi connectivity index (χ0v) is 17.6. The van der Waals surface area contributed by atoms with Crippen LogP contribution in [0, 0.1) is 0 Å². The molecule has 3 aromatic carbocycles. The maximum Gasteiger partial charge on any atom is 0.343 e. The summed E-state index contributed by atoms with van der Waals surface area (Å²) in [5.74, 6) is -0.0501. The number of benzene rings is 3. The van der Waals surface area contributed by atoms with Crippen molar-refractivity contribution in [1.82, 2.24) is 4.98 Å². The van der Waals surface area contributed by atoms with E-state index >= 15 is 0 Å². The van der Waals surface area contributed by atoms with Gasteiger partial charge >= 0.3 is 5.97 Å². The fourth-order valence-corrected chi connectivity index (χ4v) is 4.73. The van der Waals surface area contributed by atoms with Gasteiger partial charge < -0.3 is 9.64 Å². The average molecular weight is 429 g/mol. The van der Waals surface area contributed by atoms with Crippen molar-refractivity contribution in [1.29, 1.82) is 0 Å². The summed E-state index contributed by atoms with van der Waals surface area (Å²) in [6.45, 7) is 2.09. The van der Waals surface area contributed by atoms with Gasteiger partial charge in [-0.05, 0) is 37.1 Å². The Balaban J connectivity index is 1.30. The number of aromatic nitrogens is 1. The smallest absolute Gasteiger partial charge is 0.343 e. The number of carbonyl (C=O) groups is 2. The van der Waals surface area contributed by atoms with Crippen LogP contribution in [0.5, 0.6) is 5.75 Å². The number of hydrogen-bond donors (Lipinski definition) is 0. The molecule has 0 bridgehead atoms. The van der Waals surface area contributed by atoms with Gasteiger partial charge in [0, 0.05) is 30.3 Å². The average Bonchev–Trinajstić information content (AvgIpc) is 3.49. The van der Waals surface area contributed by atoms with Crippen molar-refractivity contribution in [2.24, 2.45) is 0 Å². The van der Waals surface area contributed by atoms with Crippen LogP contribution in [-0.2, 0) is 0 Å². The number of hydrogen-bond acceptors (Lipinski definition) is 6. The van der Waals surface area contributed by atoms with E-state index in [2.05, 4.69) is 4.90 Å². The van der Waals surface area contributed by atoms with E-state index in [9.17, 15) is 9.59 Å². The normalized spacial score (nSPS) is 13.5. The number of rotatable bonds is 5. The molecular weight excluding hydrogens is 408 g/mol. The Hall–Kier alpha value is -3.51. The molecule has 0 saturated carbocycles. The molecule has 2 heterocycles. The second-order valence-corrected chi connectivity index (χ2v) is 8.49. The van der Waals surface area contributed by atoms with Crippen molar-refractivity contribution in [2.45, 2.75) is 12.8 Å². The Bertz CT molecular complexity index is 1240. The second-order valence-electron chi connectivity index (χ2n) is 7.48. The first kappa shape index (κ1) is 19.5. The summed E-state index contributed by atoms with van der Waals surface area (Å²) in [7, 11) is 0. The molecule has 0 radical (unpaired) electrons. The molecule has 5 nitrogen and oxygen atoms in total. The number of anilines is 1. The van der Waals surface area contributed by atoms with E-state index in [4.69, 9.17) is 9.72 Å². The number of carbonyl (C=O) groups excluding carboxylic acids is 2. The van der Waals surface area contributed by atoms with E-state index in [1.807, 2.05) is 30.3 Å². The zero-order valence-electron chi connectivity index (χ0n) is 16.8. The second kappa shape index (κ2) is 8.32. The zero-order chi connectivity index (χ0) is 21.2. The van der Waals surface area contributed by atoms with Crippen LogP contribution in [0.2, 0.25) is 0 Å². The largest absolute Gasteiger partial charge is 0.423 e. The molecule has 1 aromatic heterocycles. The summed E-state index contributed by atoms with van der Waals surface area (Å²) in [6.07, 6.45) is 2.41. The summed E-state index contributed by atoms with van der Waals surface area (Å²) in [4.78, 5) is 32.1. The number of esters is 1. The van der Waals surface area contributed by atoms with Gasteiger partial charge in [0.05, 0.1) is 15.8 Å². The highest BCUT2D eigenvalue weighted by Gasteiger charge is 2.17. The maximum absolute atomic E-state index is 12.6. The van der Waals surface area contributed by atoms with Crippen LogP contribution >= 0.6 is 11.3 Å². The minimum Gasteiger partial charge on any atom is -0.423 e. The maximum atomic E-state index is 12.6. The molecule has 0 unspecified atom stereocenters. The molecule has 5 rings (SSSR count). The molecule has 1 aliphatic rings. The fraction of sp³-hybridized carbons (Fsp3) is 0.160. The van der Waals surface area contributed by atoms with Gasteiger partial charge in [0.25, 0.3) is 0 Å². The lowest BCUT2D eigenvalue weighted by atomic mass is 10.0. The Labute approximate surface area is 183 Å². The molecule has 0 atom stereocenters. The molecule has 1 saturated heterocycles. The van der Waals surface area contributed by atoms with Crippen LogP contribution in [0.4, 0.5) is 5.13 Å². The number of ketones is 1. The van der Waals surface area contributed by atoms with E-state index in [0.29, 0.717) is 22.4 Å². The van der Waals surface area contributed by atoms with Gasteiger partial charge in [0.2, 0.25) is 0 Å². The molecular formula is C25H20N2O3S. The lowest BCUT2D eigenvalue weighted by molar-refractivity contribution is 0.0734. The minimum atomic E-state index is -0.456. The molecule has 0 spiro atoms. The van der Waals surface area contributed by atoms with Gasteiger partial charge in [-0.3, -0.25) is 4.79 Å². The lowest BCUT2D eigenvalue weighted by Crippen LogP contribution is -2.16. The molecule has 1 aliphatic heterocycles. The third-order valence-electron chi connectivity index (χ3n) is 5.35. The highest BCUT2D eigenvalue weighted by Crippen LogP contribution is 2.33. The first-order valence-electron chi connectivity index (χ1n) is 10.2. The van der Waals surface area contributed by atoms with Gasteiger partial charge in [0.1, 0.15) is 5.75 Å². The van der Waals surface area contributed by atoms with Crippen molar-refractivity contribution >= 4 is 38.4 Å². The van der Waals surface area contributed by atoms with Crippen LogP contribution in [-0.4, -0.2) is 29.8 Å². The van der Waals surface area contributed by atoms with Crippen molar-refractivity contribution in [3.63, 3.8) is 0 Å². The van der Waals surface area contributed by atoms with E-state index in [1.54, 1.807) is 53.8 Å². The molecule has 6 heteroatoms. The van der Waals surface area contributed by atoms with E-state index in [-0.39, 0.29) is 5.78 Å². The van der Waals surface area contributed by atoms with E-state index in [1.165, 1.54) is 12.8 Å². The summed E-state index contributed by atoms with van der Waals surface area (Å²) in [5.41, 5.74) is 2.45. The minimum absolute atomic E-state index is 0.0787. The van der Waals surface area contributed by atoms with Crippen LogP contribution in [0.15, 0.2) is 72.8 Å². The highest BCUT2D eigenvalue weighted by atomic mass is 32.1. The molecule has 154 valence electrons. The van der Waals surface area contributed by atoms with Crippen molar-refractivity contribution < 1.29 is 14.3 Å². The third-order valence-corrected chi connectivity index (χ3v) is 6.43. The standard InChI is InChI=1S/C25H20N2O3S/c28-23(17-6-2-1-3-7-17)18-8-10-19(11-9-18)24(29)30-20-12-13-21-22(16-20)31-25(26-21)27-14-4-5-15-27/h1-3,6-13,16H,4-5,14-15H2. The highest BCUT2D eigenvalue weighted by molar-refractivity contribution is 7.22. The van der Waals surface area contributed by atoms with Gasteiger partial charge in [0.15, 0.2) is 10.9 Å². The molecule has 0 N–H and O–H groups in total. The predicted octanol–water partition coefficient (Wildman–Crippen LogP) is 5.35. The molecule has 1 fully saturated rings. The van der Waals surface area contributed by atoms with E-state index < -0.39 is 5.97 Å². The molecule has 31 heavy (non-hydrogen) atoms. The van der Waals surface area contributed by atoms with Crippen LogP contribution in [0.1, 0.15) is 39.1 Å². The van der Waals surface area contributed by atoms with Crippen LogP contribution in [0.3, 0.4) is 0 Å². The Morgan fingerprint density at radius 1 is 0.839 bits per heavy atom. The third kappa shape index (κ3) is 4.07. The SMILES string of the molecule is O=C(Oc1ccc2nc(N3CCCC3)sc2c1)c1ccc(C(=O)c2ccccc2)cc1. The Kier molecular flexibility index (Phi) is 5.22. The summed E-state index contributed by atoms with van der Waals surface area (Å²) < 4.78 is 6.57. The quantitative estimate of drug-likeness (QED) is 0.244. The lowest BCUT2D eigenvalue weighted by Gasteiger charge is -2.11.